The number of ketones is 2. The lowest BCUT2D eigenvalue weighted by Crippen LogP contribution is -2.41. The van der Waals surface area contributed by atoms with E-state index in [0.717, 1.165) is 6.42 Å². The number of hydrogen-bond acceptors (Lipinski definition) is 4. The number of rotatable bonds is 2. The van der Waals surface area contributed by atoms with Gasteiger partial charge in [-0.05, 0) is 25.8 Å². The Bertz CT molecular complexity index is 541. The first-order chi connectivity index (χ1) is 9.31. The first-order valence-corrected chi connectivity index (χ1v) is 6.89. The van der Waals surface area contributed by atoms with Gasteiger partial charge in [0, 0.05) is 22.5 Å². The Labute approximate surface area is 118 Å². The van der Waals surface area contributed by atoms with Crippen LogP contribution in [0.2, 0.25) is 0 Å². The summed E-state index contributed by atoms with van der Waals surface area (Å²) in [7, 11) is 1.33. The van der Waals surface area contributed by atoms with E-state index >= 15 is 0 Å². The molecule has 0 aromatic carbocycles. The molecule has 2 aliphatic rings. The summed E-state index contributed by atoms with van der Waals surface area (Å²) in [5.74, 6) is -1.43. The molecule has 1 saturated carbocycles. The van der Waals surface area contributed by atoms with Crippen molar-refractivity contribution in [3.8, 4) is 0 Å². The fourth-order valence-electron chi connectivity index (χ4n) is 3.29. The maximum Gasteiger partial charge on any atom is 0.309 e. The molecule has 0 N–H and O–H groups in total. The quantitative estimate of drug-likeness (QED) is 0.726. The topological polar surface area (TPSA) is 60.4 Å². The van der Waals surface area contributed by atoms with Crippen molar-refractivity contribution in [2.45, 2.75) is 33.6 Å². The third-order valence-electron chi connectivity index (χ3n) is 4.65. The van der Waals surface area contributed by atoms with Crippen LogP contribution < -0.4 is 0 Å². The average molecular weight is 276 g/mol. The van der Waals surface area contributed by atoms with Gasteiger partial charge in [0.1, 0.15) is 0 Å². The van der Waals surface area contributed by atoms with Gasteiger partial charge in [0.2, 0.25) is 0 Å². The summed E-state index contributed by atoms with van der Waals surface area (Å²) < 4.78 is 4.73. The van der Waals surface area contributed by atoms with Crippen molar-refractivity contribution in [1.82, 2.24) is 0 Å². The third kappa shape index (κ3) is 2.13. The number of carbonyl (C=O) groups excluding carboxylic acids is 3. The molecule has 0 aliphatic heterocycles. The van der Waals surface area contributed by atoms with Crippen LogP contribution in [0.25, 0.3) is 0 Å². The van der Waals surface area contributed by atoms with E-state index in [4.69, 9.17) is 4.74 Å². The highest BCUT2D eigenvalue weighted by Crippen LogP contribution is 2.47. The molecule has 0 spiro atoms. The molecule has 20 heavy (non-hydrogen) atoms. The van der Waals surface area contributed by atoms with E-state index in [2.05, 4.69) is 0 Å². The average Bonchev–Trinajstić information content (AvgIpc) is 2.42. The lowest BCUT2D eigenvalue weighted by atomic mass is 9.61. The molecule has 0 aromatic rings. The second-order valence-corrected chi connectivity index (χ2v) is 5.94. The molecule has 0 heterocycles. The highest BCUT2D eigenvalue weighted by Gasteiger charge is 2.46. The van der Waals surface area contributed by atoms with Crippen LogP contribution in [0.15, 0.2) is 23.3 Å². The van der Waals surface area contributed by atoms with Crippen molar-refractivity contribution in [2.24, 2.45) is 17.3 Å². The zero-order valence-electron chi connectivity index (χ0n) is 12.4. The molecular formula is C16H20O4. The van der Waals surface area contributed by atoms with Gasteiger partial charge in [-0.3, -0.25) is 14.4 Å². The van der Waals surface area contributed by atoms with Crippen LogP contribution in [0, 0.1) is 17.3 Å². The first-order valence-electron chi connectivity index (χ1n) is 6.89. The SMILES string of the molecule is COC(=O)[C@@H](C)[C@@H]1CC[C@@]2(C)C=CC(=O)C(C)=C2C1=O. The summed E-state index contributed by atoms with van der Waals surface area (Å²) in [5, 5.41) is 0. The van der Waals surface area contributed by atoms with Crippen LogP contribution in [0.4, 0.5) is 0 Å². The molecule has 108 valence electrons. The molecule has 3 atom stereocenters. The predicted molar refractivity (Wildman–Crippen MR) is 73.9 cm³/mol. The summed E-state index contributed by atoms with van der Waals surface area (Å²) in [5.41, 5.74) is 0.722. The highest BCUT2D eigenvalue weighted by atomic mass is 16.5. The number of methoxy groups -OCH3 is 1. The summed E-state index contributed by atoms with van der Waals surface area (Å²) >= 11 is 0. The number of carbonyl (C=O) groups is 3. The predicted octanol–water partition coefficient (Wildman–Crippen LogP) is 2.24. The van der Waals surface area contributed by atoms with E-state index < -0.39 is 5.92 Å². The molecule has 0 aromatic heterocycles. The van der Waals surface area contributed by atoms with Crippen LogP contribution in [0.3, 0.4) is 0 Å². The first kappa shape index (κ1) is 14.7. The minimum atomic E-state index is -0.474. The van der Waals surface area contributed by atoms with E-state index in [1.54, 1.807) is 19.9 Å². The minimum Gasteiger partial charge on any atom is -0.469 e. The summed E-state index contributed by atoms with van der Waals surface area (Å²) in [4.78, 5) is 36.2. The Morgan fingerprint density at radius 2 is 2.10 bits per heavy atom. The summed E-state index contributed by atoms with van der Waals surface area (Å²) in [6.07, 6.45) is 4.78. The number of ether oxygens (including phenoxy) is 1. The van der Waals surface area contributed by atoms with Crippen LogP contribution in [0.1, 0.15) is 33.6 Å². The lowest BCUT2D eigenvalue weighted by Gasteiger charge is -2.40. The maximum absolute atomic E-state index is 12.7. The van der Waals surface area contributed by atoms with E-state index in [9.17, 15) is 14.4 Å². The van der Waals surface area contributed by atoms with Crippen molar-refractivity contribution in [1.29, 1.82) is 0 Å². The zero-order valence-corrected chi connectivity index (χ0v) is 12.4. The molecule has 0 bridgehead atoms. The number of allylic oxidation sites excluding steroid dienone is 4. The number of esters is 1. The summed E-state index contributed by atoms with van der Waals surface area (Å²) in [6, 6.07) is 0. The Hall–Kier alpha value is -1.71. The molecule has 0 radical (unpaired) electrons. The van der Waals surface area contributed by atoms with Crippen molar-refractivity contribution < 1.29 is 19.1 Å². The second-order valence-electron chi connectivity index (χ2n) is 5.94. The normalized spacial score (nSPS) is 31.1. The van der Waals surface area contributed by atoms with Crippen LogP contribution >= 0.6 is 0 Å². The molecule has 4 nitrogen and oxygen atoms in total. The maximum atomic E-state index is 12.7. The van der Waals surface area contributed by atoms with Crippen LogP contribution in [-0.2, 0) is 19.1 Å². The van der Waals surface area contributed by atoms with Crippen molar-refractivity contribution >= 4 is 17.5 Å². The Morgan fingerprint density at radius 3 is 2.70 bits per heavy atom. The molecule has 0 amide bonds. The lowest BCUT2D eigenvalue weighted by molar-refractivity contribution is -0.149. The number of fused-ring (bicyclic) bond motifs is 1. The number of Topliss-reactive ketones (excluding diaryl/α,β-unsaturated/α-hetero) is 1. The van der Waals surface area contributed by atoms with Gasteiger partial charge in [-0.2, -0.15) is 0 Å². The standard InChI is InChI=1S/C16H20O4/c1-9(15(19)20-4)11-5-7-16(3)8-6-12(17)10(2)13(16)14(11)18/h6,8-9,11H,5,7H2,1-4H3/t9-,11-,16-/m0/s1. The van der Waals surface area contributed by atoms with Gasteiger partial charge in [-0.1, -0.05) is 19.9 Å². The molecule has 4 heteroatoms. The van der Waals surface area contributed by atoms with Crippen LogP contribution in [0.5, 0.6) is 0 Å². The monoisotopic (exact) mass is 276 g/mol. The van der Waals surface area contributed by atoms with Crippen molar-refractivity contribution in [2.75, 3.05) is 7.11 Å². The van der Waals surface area contributed by atoms with Gasteiger partial charge in [0.25, 0.3) is 0 Å². The fourth-order valence-corrected chi connectivity index (χ4v) is 3.29. The second kappa shape index (κ2) is 5.00. The highest BCUT2D eigenvalue weighted by molar-refractivity contribution is 6.14. The molecule has 2 aliphatic carbocycles. The molecule has 1 fully saturated rings. The molecule has 0 unspecified atom stereocenters. The van der Waals surface area contributed by atoms with Gasteiger partial charge < -0.3 is 4.74 Å². The Morgan fingerprint density at radius 1 is 1.45 bits per heavy atom. The number of hydrogen-bond donors (Lipinski definition) is 0. The third-order valence-corrected chi connectivity index (χ3v) is 4.65. The van der Waals surface area contributed by atoms with Crippen LogP contribution in [-0.4, -0.2) is 24.6 Å². The largest absolute Gasteiger partial charge is 0.469 e. The fraction of sp³-hybridized carbons (Fsp3) is 0.562. The van der Waals surface area contributed by atoms with Gasteiger partial charge in [0.05, 0.1) is 13.0 Å². The van der Waals surface area contributed by atoms with E-state index in [-0.39, 0.29) is 28.9 Å². The Kier molecular flexibility index (Phi) is 3.67. The molecule has 2 rings (SSSR count). The molecular weight excluding hydrogens is 256 g/mol. The molecule has 0 saturated heterocycles. The Balaban J connectivity index is 2.39. The van der Waals surface area contributed by atoms with Crippen molar-refractivity contribution in [3.05, 3.63) is 23.3 Å². The van der Waals surface area contributed by atoms with Gasteiger partial charge in [-0.15, -0.1) is 0 Å². The van der Waals surface area contributed by atoms with E-state index in [0.29, 0.717) is 17.6 Å². The van der Waals surface area contributed by atoms with Crippen molar-refractivity contribution in [3.63, 3.8) is 0 Å². The van der Waals surface area contributed by atoms with Gasteiger partial charge >= 0.3 is 5.97 Å². The smallest absolute Gasteiger partial charge is 0.309 e. The summed E-state index contributed by atoms with van der Waals surface area (Å²) in [6.45, 7) is 5.39. The van der Waals surface area contributed by atoms with E-state index in [1.807, 2.05) is 13.0 Å². The van der Waals surface area contributed by atoms with Gasteiger partial charge in [0.15, 0.2) is 11.6 Å². The zero-order chi connectivity index (χ0) is 15.1. The van der Waals surface area contributed by atoms with Gasteiger partial charge in [-0.25, -0.2) is 0 Å². The van der Waals surface area contributed by atoms with E-state index in [1.165, 1.54) is 7.11 Å². The minimum absolute atomic E-state index is 0.0770.